The van der Waals surface area contributed by atoms with Gasteiger partial charge >= 0.3 is 6.18 Å². The molecule has 2 aromatic carbocycles. The first-order valence-corrected chi connectivity index (χ1v) is 6.34. The Morgan fingerprint density at radius 1 is 0.800 bits per heavy atom. The Kier molecular flexibility index (Phi) is 4.45. The lowest BCUT2D eigenvalue weighted by atomic mass is 10.0. The Balaban J connectivity index is 2.03. The molecule has 0 aliphatic heterocycles. The molecule has 2 aromatic rings. The maximum Gasteiger partial charge on any atom is 0.416 e. The van der Waals surface area contributed by atoms with Crippen molar-refractivity contribution in [3.63, 3.8) is 0 Å². The summed E-state index contributed by atoms with van der Waals surface area (Å²) in [7, 11) is 0. The smallest absolute Gasteiger partial charge is 0.392 e. The van der Waals surface area contributed by atoms with Crippen LogP contribution in [0.25, 0.3) is 0 Å². The summed E-state index contributed by atoms with van der Waals surface area (Å²) in [5.74, 6) is 0. The van der Waals surface area contributed by atoms with E-state index in [-0.39, 0.29) is 6.61 Å². The molecule has 0 bridgehead atoms. The second-order valence-electron chi connectivity index (χ2n) is 4.67. The number of aliphatic hydroxyl groups excluding tert-OH is 1. The van der Waals surface area contributed by atoms with Crippen molar-refractivity contribution in [2.45, 2.75) is 25.6 Å². The van der Waals surface area contributed by atoms with Crippen molar-refractivity contribution in [3.8, 4) is 0 Å². The van der Waals surface area contributed by atoms with Crippen molar-refractivity contribution in [3.05, 3.63) is 70.8 Å². The molecule has 0 aliphatic carbocycles. The summed E-state index contributed by atoms with van der Waals surface area (Å²) in [4.78, 5) is 0. The lowest BCUT2D eigenvalue weighted by Crippen LogP contribution is -2.05. The first kappa shape index (κ1) is 14.6. The van der Waals surface area contributed by atoms with Crippen LogP contribution in [0.4, 0.5) is 13.2 Å². The minimum Gasteiger partial charge on any atom is -0.392 e. The molecule has 0 saturated heterocycles. The average Bonchev–Trinajstić information content (AvgIpc) is 2.45. The molecule has 0 aromatic heterocycles. The topological polar surface area (TPSA) is 20.2 Å². The molecule has 2 rings (SSSR count). The highest BCUT2D eigenvalue weighted by molar-refractivity contribution is 5.28. The van der Waals surface area contributed by atoms with Crippen molar-refractivity contribution in [2.75, 3.05) is 0 Å². The van der Waals surface area contributed by atoms with Crippen LogP contribution in [0.1, 0.15) is 22.3 Å². The zero-order valence-electron chi connectivity index (χ0n) is 10.8. The van der Waals surface area contributed by atoms with Gasteiger partial charge in [-0.25, -0.2) is 0 Å². The molecule has 0 fully saturated rings. The largest absolute Gasteiger partial charge is 0.416 e. The van der Waals surface area contributed by atoms with Crippen LogP contribution in [0.5, 0.6) is 0 Å². The Morgan fingerprint density at radius 3 is 2.00 bits per heavy atom. The molecule has 0 spiro atoms. The molecule has 0 saturated carbocycles. The third-order valence-electron chi connectivity index (χ3n) is 3.16. The van der Waals surface area contributed by atoms with Gasteiger partial charge in [0.05, 0.1) is 12.2 Å². The van der Waals surface area contributed by atoms with Gasteiger partial charge in [-0.05, 0) is 35.6 Å². The molecule has 0 unspecified atom stereocenters. The van der Waals surface area contributed by atoms with Crippen molar-refractivity contribution >= 4 is 0 Å². The molecule has 0 aliphatic rings. The van der Waals surface area contributed by atoms with Crippen molar-refractivity contribution in [1.29, 1.82) is 0 Å². The quantitative estimate of drug-likeness (QED) is 0.898. The van der Waals surface area contributed by atoms with E-state index in [9.17, 15) is 13.2 Å². The van der Waals surface area contributed by atoms with Crippen molar-refractivity contribution in [2.24, 2.45) is 0 Å². The van der Waals surface area contributed by atoms with E-state index in [0.717, 1.165) is 17.2 Å². The summed E-state index contributed by atoms with van der Waals surface area (Å²) in [6, 6.07) is 12.8. The van der Waals surface area contributed by atoms with Gasteiger partial charge in [-0.15, -0.1) is 0 Å². The van der Waals surface area contributed by atoms with Gasteiger partial charge in [-0.3, -0.25) is 0 Å². The number of alkyl halides is 3. The van der Waals surface area contributed by atoms with E-state index in [4.69, 9.17) is 5.11 Å². The summed E-state index contributed by atoms with van der Waals surface area (Å²) in [5.41, 5.74) is 1.93. The number of aryl methyl sites for hydroxylation is 2. The van der Waals surface area contributed by atoms with E-state index in [2.05, 4.69) is 0 Å². The number of hydrogen-bond acceptors (Lipinski definition) is 1. The predicted molar refractivity (Wildman–Crippen MR) is 71.2 cm³/mol. The van der Waals surface area contributed by atoms with E-state index < -0.39 is 11.7 Å². The number of hydrogen-bond donors (Lipinski definition) is 1. The molecule has 106 valence electrons. The Morgan fingerprint density at radius 2 is 1.40 bits per heavy atom. The van der Waals surface area contributed by atoms with Gasteiger partial charge in [0.1, 0.15) is 0 Å². The Labute approximate surface area is 115 Å². The fourth-order valence-corrected chi connectivity index (χ4v) is 2.00. The fourth-order valence-electron chi connectivity index (χ4n) is 2.00. The molecule has 0 radical (unpaired) electrons. The van der Waals surface area contributed by atoms with Crippen LogP contribution in [0, 0.1) is 0 Å². The second kappa shape index (κ2) is 6.09. The number of aliphatic hydroxyl groups is 1. The van der Waals surface area contributed by atoms with E-state index in [0.29, 0.717) is 18.4 Å². The van der Waals surface area contributed by atoms with Crippen LogP contribution < -0.4 is 0 Å². The maximum absolute atomic E-state index is 12.6. The zero-order valence-corrected chi connectivity index (χ0v) is 10.8. The second-order valence-corrected chi connectivity index (χ2v) is 4.67. The molecular formula is C16H15F3O. The first-order valence-electron chi connectivity index (χ1n) is 6.34. The van der Waals surface area contributed by atoms with Gasteiger partial charge in [-0.1, -0.05) is 42.5 Å². The zero-order chi connectivity index (χ0) is 14.6. The number of halogens is 3. The maximum atomic E-state index is 12.6. The summed E-state index contributed by atoms with van der Waals surface area (Å²) in [6.07, 6.45) is -3.06. The van der Waals surface area contributed by atoms with Crippen LogP contribution >= 0.6 is 0 Å². The van der Waals surface area contributed by atoms with Gasteiger partial charge in [0.25, 0.3) is 0 Å². The van der Waals surface area contributed by atoms with E-state index >= 15 is 0 Å². The highest BCUT2D eigenvalue weighted by Crippen LogP contribution is 2.29. The number of rotatable bonds is 4. The summed E-state index contributed by atoms with van der Waals surface area (Å²) in [5, 5.41) is 8.94. The van der Waals surface area contributed by atoms with Crippen LogP contribution in [0.2, 0.25) is 0 Å². The van der Waals surface area contributed by atoms with Crippen LogP contribution in [0.3, 0.4) is 0 Å². The lowest BCUT2D eigenvalue weighted by Gasteiger charge is -2.09. The van der Waals surface area contributed by atoms with Gasteiger partial charge in [0.15, 0.2) is 0 Å². The Bertz CT molecular complexity index is 559. The highest BCUT2D eigenvalue weighted by atomic mass is 19.4. The van der Waals surface area contributed by atoms with Crippen molar-refractivity contribution in [1.82, 2.24) is 0 Å². The third kappa shape index (κ3) is 3.84. The van der Waals surface area contributed by atoms with E-state index in [1.165, 1.54) is 12.1 Å². The SMILES string of the molecule is OCc1ccc(CCc2cccc(C(F)(F)F)c2)cc1. The summed E-state index contributed by atoms with van der Waals surface area (Å²) < 4.78 is 37.8. The molecule has 1 N–H and O–H groups in total. The van der Waals surface area contributed by atoms with Crippen LogP contribution in [-0.2, 0) is 25.6 Å². The molecule has 0 atom stereocenters. The monoisotopic (exact) mass is 280 g/mol. The molecule has 4 heteroatoms. The van der Waals surface area contributed by atoms with Gasteiger partial charge < -0.3 is 5.11 Å². The van der Waals surface area contributed by atoms with E-state index in [1.54, 1.807) is 6.07 Å². The van der Waals surface area contributed by atoms with Gasteiger partial charge in [0.2, 0.25) is 0 Å². The molecule has 0 heterocycles. The van der Waals surface area contributed by atoms with Gasteiger partial charge in [-0.2, -0.15) is 13.2 Å². The van der Waals surface area contributed by atoms with Crippen molar-refractivity contribution < 1.29 is 18.3 Å². The first-order chi connectivity index (χ1) is 9.49. The van der Waals surface area contributed by atoms with Gasteiger partial charge in [0, 0.05) is 0 Å². The standard InChI is InChI=1S/C16H15F3O/c17-16(18,19)15-3-1-2-13(10-15)7-4-12-5-8-14(11-20)9-6-12/h1-3,5-6,8-10,20H,4,7,11H2. The predicted octanol–water partition coefficient (Wildman–Crippen LogP) is 3.98. The molecule has 0 amide bonds. The minimum absolute atomic E-state index is 0.00604. The molecule has 20 heavy (non-hydrogen) atoms. The number of benzene rings is 2. The average molecular weight is 280 g/mol. The molecular weight excluding hydrogens is 265 g/mol. The molecule has 1 nitrogen and oxygen atoms in total. The summed E-state index contributed by atoms with van der Waals surface area (Å²) >= 11 is 0. The minimum atomic E-state index is -4.29. The van der Waals surface area contributed by atoms with Crippen LogP contribution in [0.15, 0.2) is 48.5 Å². The lowest BCUT2D eigenvalue weighted by molar-refractivity contribution is -0.137. The normalized spacial score (nSPS) is 11.6. The van der Waals surface area contributed by atoms with Crippen LogP contribution in [-0.4, -0.2) is 5.11 Å². The Hall–Kier alpha value is -1.81. The summed E-state index contributed by atoms with van der Waals surface area (Å²) in [6.45, 7) is -0.00604. The van der Waals surface area contributed by atoms with E-state index in [1.807, 2.05) is 24.3 Å². The highest BCUT2D eigenvalue weighted by Gasteiger charge is 2.30. The third-order valence-corrected chi connectivity index (χ3v) is 3.16. The fraction of sp³-hybridized carbons (Fsp3) is 0.250.